The smallest absolute Gasteiger partial charge is 0.302 e. The molecule has 0 spiro atoms. The summed E-state index contributed by atoms with van der Waals surface area (Å²) in [6.07, 6.45) is 0. The number of benzene rings is 3. The van der Waals surface area contributed by atoms with Crippen LogP contribution in [0.2, 0.25) is 0 Å². The number of anilines is 1. The predicted molar refractivity (Wildman–Crippen MR) is 147 cm³/mol. The molecule has 0 saturated carbocycles. The minimum absolute atomic E-state index is 0.00425. The van der Waals surface area contributed by atoms with Crippen molar-refractivity contribution in [2.24, 2.45) is 0 Å². The average molecular weight is 532 g/mol. The van der Waals surface area contributed by atoms with Crippen molar-refractivity contribution in [3.05, 3.63) is 77.1 Å². The number of carbonyl (C=O) groups is 1. The summed E-state index contributed by atoms with van der Waals surface area (Å²) < 4.78 is 23.4. The normalized spacial score (nSPS) is 11.0. The van der Waals surface area contributed by atoms with Gasteiger partial charge in [0.25, 0.3) is 0 Å². The van der Waals surface area contributed by atoms with Gasteiger partial charge in [0.15, 0.2) is 5.16 Å². The van der Waals surface area contributed by atoms with Crippen molar-refractivity contribution in [2.45, 2.75) is 12.1 Å². The summed E-state index contributed by atoms with van der Waals surface area (Å²) in [7, 11) is 3.08. The molecule has 2 aromatic heterocycles. The van der Waals surface area contributed by atoms with E-state index in [0.717, 1.165) is 17.1 Å². The maximum Gasteiger partial charge on any atom is 0.302 e. The zero-order valence-electron chi connectivity index (χ0n) is 21.0. The van der Waals surface area contributed by atoms with Gasteiger partial charge >= 0.3 is 5.56 Å². The number of furan rings is 1. The zero-order valence-corrected chi connectivity index (χ0v) is 21.8. The van der Waals surface area contributed by atoms with Crippen molar-refractivity contribution >= 4 is 45.4 Å². The fourth-order valence-corrected chi connectivity index (χ4v) is 4.82. The summed E-state index contributed by atoms with van der Waals surface area (Å²) in [5.41, 5.74) is 1.91. The molecule has 5 rings (SSSR count). The van der Waals surface area contributed by atoms with E-state index in [1.54, 1.807) is 48.5 Å². The molecule has 0 bridgehead atoms. The highest BCUT2D eigenvalue weighted by atomic mass is 32.2. The summed E-state index contributed by atoms with van der Waals surface area (Å²) in [5.74, 6) is 1.51. The van der Waals surface area contributed by atoms with Crippen molar-refractivity contribution < 1.29 is 23.4 Å². The molecule has 0 aliphatic heterocycles. The number of aromatic nitrogens is 2. The van der Waals surface area contributed by atoms with E-state index in [-0.39, 0.29) is 22.8 Å². The lowest BCUT2D eigenvalue weighted by molar-refractivity contribution is -0.113. The molecule has 0 atom stereocenters. The number of rotatable bonds is 9. The molecule has 9 nitrogen and oxygen atoms in total. The van der Waals surface area contributed by atoms with Gasteiger partial charge in [0, 0.05) is 29.3 Å². The van der Waals surface area contributed by atoms with E-state index in [1.165, 1.54) is 18.8 Å². The molecule has 0 fully saturated rings. The topological polar surface area (TPSA) is 105 Å². The molecular formula is C28H25N3O6S. The molecule has 1 amide bonds. The highest BCUT2D eigenvalue weighted by Crippen LogP contribution is 2.30. The SMILES string of the molecule is CCOc1ccc(-n2c(SCC(=O)Nc3cc(OC)cc(OC)c3)nc3c(oc4ccccc43)c2=O)cc1. The lowest BCUT2D eigenvalue weighted by Gasteiger charge is -2.13. The summed E-state index contributed by atoms with van der Waals surface area (Å²) in [6, 6.07) is 19.6. The molecule has 2 heterocycles. The van der Waals surface area contributed by atoms with E-state index in [4.69, 9.17) is 23.6 Å². The molecule has 3 aromatic carbocycles. The number of para-hydroxylation sites is 1. The number of methoxy groups -OCH3 is 2. The molecule has 5 aromatic rings. The van der Waals surface area contributed by atoms with Gasteiger partial charge in [0.05, 0.1) is 32.3 Å². The van der Waals surface area contributed by atoms with E-state index in [9.17, 15) is 9.59 Å². The van der Waals surface area contributed by atoms with Crippen LogP contribution in [0.4, 0.5) is 5.69 Å². The van der Waals surface area contributed by atoms with E-state index >= 15 is 0 Å². The highest BCUT2D eigenvalue weighted by molar-refractivity contribution is 7.99. The van der Waals surface area contributed by atoms with Crippen LogP contribution in [0.15, 0.2) is 81.1 Å². The Kier molecular flexibility index (Phi) is 7.23. The summed E-state index contributed by atoms with van der Waals surface area (Å²) in [5, 5.41) is 3.94. The summed E-state index contributed by atoms with van der Waals surface area (Å²) >= 11 is 1.15. The average Bonchev–Trinajstić information content (AvgIpc) is 3.31. The monoisotopic (exact) mass is 531 g/mol. The third kappa shape index (κ3) is 5.03. The van der Waals surface area contributed by atoms with Crippen LogP contribution >= 0.6 is 11.8 Å². The predicted octanol–water partition coefficient (Wildman–Crippen LogP) is 5.28. The van der Waals surface area contributed by atoms with Crippen molar-refractivity contribution in [1.82, 2.24) is 9.55 Å². The molecule has 194 valence electrons. The molecule has 0 aliphatic rings. The van der Waals surface area contributed by atoms with E-state index in [0.29, 0.717) is 51.5 Å². The zero-order chi connectivity index (χ0) is 26.6. The summed E-state index contributed by atoms with van der Waals surface area (Å²) in [6.45, 7) is 2.43. The number of fused-ring (bicyclic) bond motifs is 3. The van der Waals surface area contributed by atoms with Crippen LogP contribution in [0.3, 0.4) is 0 Å². The third-order valence-electron chi connectivity index (χ3n) is 5.74. The van der Waals surface area contributed by atoms with Crippen LogP contribution in [-0.2, 0) is 4.79 Å². The molecule has 0 aliphatic carbocycles. The Morgan fingerprint density at radius 2 is 1.71 bits per heavy atom. The lowest BCUT2D eigenvalue weighted by atomic mass is 10.2. The number of carbonyl (C=O) groups excluding carboxylic acids is 1. The second-order valence-electron chi connectivity index (χ2n) is 8.18. The Morgan fingerprint density at radius 3 is 2.39 bits per heavy atom. The van der Waals surface area contributed by atoms with Gasteiger partial charge in [-0.1, -0.05) is 23.9 Å². The fourth-order valence-electron chi connectivity index (χ4n) is 4.01. The van der Waals surface area contributed by atoms with Crippen LogP contribution in [-0.4, -0.2) is 42.0 Å². The maximum atomic E-state index is 13.7. The minimum Gasteiger partial charge on any atom is -0.497 e. The van der Waals surface area contributed by atoms with E-state index in [2.05, 4.69) is 5.32 Å². The van der Waals surface area contributed by atoms with Crippen molar-refractivity contribution in [1.29, 1.82) is 0 Å². The lowest BCUT2D eigenvalue weighted by Crippen LogP contribution is -2.22. The van der Waals surface area contributed by atoms with Crippen LogP contribution in [0.5, 0.6) is 17.2 Å². The number of nitrogens with zero attached hydrogens (tertiary/aromatic N) is 2. The van der Waals surface area contributed by atoms with Gasteiger partial charge in [-0.2, -0.15) is 0 Å². The first kappa shape index (κ1) is 25.2. The Bertz CT molecular complexity index is 1650. The number of hydrogen-bond acceptors (Lipinski definition) is 8. The van der Waals surface area contributed by atoms with Crippen LogP contribution in [0, 0.1) is 0 Å². The first-order chi connectivity index (χ1) is 18.5. The second kappa shape index (κ2) is 10.9. The Hall–Kier alpha value is -4.44. The van der Waals surface area contributed by atoms with Gasteiger partial charge in [0.2, 0.25) is 11.5 Å². The van der Waals surface area contributed by atoms with E-state index < -0.39 is 0 Å². The molecular weight excluding hydrogens is 506 g/mol. The van der Waals surface area contributed by atoms with Gasteiger partial charge in [-0.05, 0) is 43.3 Å². The van der Waals surface area contributed by atoms with Crippen LogP contribution in [0.1, 0.15) is 6.92 Å². The number of hydrogen-bond donors (Lipinski definition) is 1. The van der Waals surface area contributed by atoms with E-state index in [1.807, 2.05) is 25.1 Å². The second-order valence-corrected chi connectivity index (χ2v) is 9.12. The molecule has 38 heavy (non-hydrogen) atoms. The van der Waals surface area contributed by atoms with Crippen molar-refractivity contribution in [3.8, 4) is 22.9 Å². The fraction of sp³-hybridized carbons (Fsp3) is 0.179. The van der Waals surface area contributed by atoms with Gasteiger partial charge in [-0.25, -0.2) is 4.98 Å². The highest BCUT2D eigenvalue weighted by Gasteiger charge is 2.20. The summed E-state index contributed by atoms with van der Waals surface area (Å²) in [4.78, 5) is 31.3. The van der Waals surface area contributed by atoms with Gasteiger partial charge in [0.1, 0.15) is 28.3 Å². The van der Waals surface area contributed by atoms with Crippen LogP contribution < -0.4 is 25.1 Å². The van der Waals surface area contributed by atoms with Crippen molar-refractivity contribution in [2.75, 3.05) is 31.9 Å². The third-order valence-corrected chi connectivity index (χ3v) is 6.68. The Labute approximate surface area is 222 Å². The number of nitrogens with one attached hydrogen (secondary N) is 1. The Morgan fingerprint density at radius 1 is 1.00 bits per heavy atom. The number of ether oxygens (including phenoxy) is 3. The number of thioether (sulfide) groups is 1. The van der Waals surface area contributed by atoms with Crippen molar-refractivity contribution in [3.63, 3.8) is 0 Å². The largest absolute Gasteiger partial charge is 0.497 e. The Balaban J connectivity index is 1.51. The maximum absolute atomic E-state index is 13.7. The standard InChI is InChI=1S/C28H25N3O6S/c1-4-36-19-11-9-18(10-12-19)31-27(33)26-25(22-7-5-6-8-23(22)37-26)30-28(31)38-16-24(32)29-17-13-20(34-2)15-21(14-17)35-3/h5-15H,4,16H2,1-3H3,(H,29,32). The molecule has 10 heteroatoms. The van der Waals surface area contributed by atoms with Crippen LogP contribution in [0.25, 0.3) is 27.8 Å². The first-order valence-corrected chi connectivity index (χ1v) is 12.8. The number of amides is 1. The quantitative estimate of drug-likeness (QED) is 0.202. The molecule has 0 saturated heterocycles. The molecule has 1 N–H and O–H groups in total. The molecule has 0 radical (unpaired) electrons. The van der Waals surface area contributed by atoms with Gasteiger partial charge in [-0.15, -0.1) is 0 Å². The van der Waals surface area contributed by atoms with Gasteiger partial charge < -0.3 is 23.9 Å². The van der Waals surface area contributed by atoms with Gasteiger partial charge in [-0.3, -0.25) is 14.2 Å². The first-order valence-electron chi connectivity index (χ1n) is 11.8. The minimum atomic E-state index is -0.365. The molecule has 0 unspecified atom stereocenters.